The standard InChI is InChI=1S/C27H27BrN2O6S/c28-24-10-5-11-25(16-24)37(33,34)29-26(31)23-9-4-8-21(15-23)14-22-17-30(12-13-35-18-22)27(32)36-19-20-6-2-1-3-7-20/h1-11,15-16,22H,12-14,17-19H2,(H,29,31)/t22-/m1/s1. The van der Waals surface area contributed by atoms with E-state index in [1.807, 2.05) is 36.4 Å². The zero-order chi connectivity index (χ0) is 26.3. The van der Waals surface area contributed by atoms with Crippen molar-refractivity contribution in [2.24, 2.45) is 5.92 Å². The predicted octanol–water partition coefficient (Wildman–Crippen LogP) is 4.40. The van der Waals surface area contributed by atoms with Gasteiger partial charge in [0.15, 0.2) is 0 Å². The van der Waals surface area contributed by atoms with Gasteiger partial charge in [-0.3, -0.25) is 4.79 Å². The Kier molecular flexibility index (Phi) is 8.96. The average molecular weight is 587 g/mol. The second-order valence-electron chi connectivity index (χ2n) is 8.72. The fraction of sp³-hybridized carbons (Fsp3) is 0.259. The minimum atomic E-state index is -4.03. The number of hydrogen-bond donors (Lipinski definition) is 1. The second kappa shape index (κ2) is 12.4. The number of nitrogens with one attached hydrogen (secondary N) is 1. The maximum absolute atomic E-state index is 12.8. The van der Waals surface area contributed by atoms with Crippen molar-refractivity contribution < 1.29 is 27.5 Å². The summed E-state index contributed by atoms with van der Waals surface area (Å²) in [7, 11) is -4.03. The van der Waals surface area contributed by atoms with Crippen LogP contribution < -0.4 is 4.72 Å². The number of rotatable bonds is 7. The van der Waals surface area contributed by atoms with Crippen molar-refractivity contribution in [3.63, 3.8) is 0 Å². The number of sulfonamides is 1. The Labute approximate surface area is 224 Å². The number of halogens is 1. The number of nitrogens with zero attached hydrogens (tertiary/aromatic N) is 1. The fourth-order valence-corrected chi connectivity index (χ4v) is 5.60. The molecule has 2 amide bonds. The third-order valence-corrected chi connectivity index (χ3v) is 7.67. The normalized spacial score (nSPS) is 16.0. The van der Waals surface area contributed by atoms with Gasteiger partial charge in [-0.15, -0.1) is 0 Å². The molecular formula is C27H27BrN2O6S. The Bertz CT molecular complexity index is 1350. The van der Waals surface area contributed by atoms with Gasteiger partial charge in [0, 0.05) is 29.0 Å². The van der Waals surface area contributed by atoms with E-state index in [9.17, 15) is 18.0 Å². The molecule has 37 heavy (non-hydrogen) atoms. The van der Waals surface area contributed by atoms with Gasteiger partial charge in [0.2, 0.25) is 0 Å². The van der Waals surface area contributed by atoms with E-state index in [1.165, 1.54) is 12.1 Å². The highest BCUT2D eigenvalue weighted by atomic mass is 79.9. The molecule has 0 radical (unpaired) electrons. The second-order valence-corrected chi connectivity index (χ2v) is 11.3. The molecule has 4 rings (SSSR count). The van der Waals surface area contributed by atoms with E-state index in [0.717, 1.165) is 11.1 Å². The average Bonchev–Trinajstić information content (AvgIpc) is 3.13. The maximum Gasteiger partial charge on any atom is 0.410 e. The van der Waals surface area contributed by atoms with Crippen LogP contribution in [0.15, 0.2) is 88.2 Å². The smallest absolute Gasteiger partial charge is 0.410 e. The molecule has 0 aromatic heterocycles. The van der Waals surface area contributed by atoms with Crippen LogP contribution in [0.25, 0.3) is 0 Å². The highest BCUT2D eigenvalue weighted by Crippen LogP contribution is 2.19. The van der Waals surface area contributed by atoms with Gasteiger partial charge in [-0.05, 0) is 47.9 Å². The molecule has 3 aromatic rings. The van der Waals surface area contributed by atoms with Crippen LogP contribution in [-0.4, -0.2) is 51.6 Å². The molecule has 0 aliphatic carbocycles. The maximum atomic E-state index is 12.8. The predicted molar refractivity (Wildman–Crippen MR) is 141 cm³/mol. The first-order chi connectivity index (χ1) is 17.8. The van der Waals surface area contributed by atoms with Crippen LogP contribution in [-0.2, 0) is 32.5 Å². The molecule has 0 bridgehead atoms. The molecule has 1 atom stereocenters. The molecule has 10 heteroatoms. The Balaban J connectivity index is 1.38. The van der Waals surface area contributed by atoms with Crippen molar-refractivity contribution in [3.05, 3.63) is 100 Å². The van der Waals surface area contributed by atoms with E-state index in [2.05, 4.69) is 20.7 Å². The van der Waals surface area contributed by atoms with Crippen molar-refractivity contribution in [3.8, 4) is 0 Å². The van der Waals surface area contributed by atoms with E-state index in [0.29, 0.717) is 37.2 Å². The van der Waals surface area contributed by atoms with Crippen molar-refractivity contribution in [2.75, 3.05) is 26.3 Å². The summed E-state index contributed by atoms with van der Waals surface area (Å²) in [6, 6.07) is 22.4. The number of amides is 2. The van der Waals surface area contributed by atoms with Crippen LogP contribution in [0.5, 0.6) is 0 Å². The summed E-state index contributed by atoms with van der Waals surface area (Å²) in [5, 5.41) is 0. The van der Waals surface area contributed by atoms with E-state index < -0.39 is 22.0 Å². The molecule has 194 valence electrons. The summed E-state index contributed by atoms with van der Waals surface area (Å²) < 4.78 is 39.2. The molecule has 0 unspecified atom stereocenters. The highest BCUT2D eigenvalue weighted by Gasteiger charge is 2.25. The summed E-state index contributed by atoms with van der Waals surface area (Å²) >= 11 is 3.24. The fourth-order valence-electron chi connectivity index (χ4n) is 4.03. The monoisotopic (exact) mass is 586 g/mol. The highest BCUT2D eigenvalue weighted by molar-refractivity contribution is 9.10. The van der Waals surface area contributed by atoms with Gasteiger partial charge in [0.1, 0.15) is 6.61 Å². The first kappa shape index (κ1) is 26.8. The Morgan fingerprint density at radius 3 is 2.54 bits per heavy atom. The summed E-state index contributed by atoms with van der Waals surface area (Å²) in [4.78, 5) is 27.1. The Hall–Kier alpha value is -3.21. The van der Waals surface area contributed by atoms with Crippen LogP contribution in [0.3, 0.4) is 0 Å². The van der Waals surface area contributed by atoms with Crippen molar-refractivity contribution in [2.45, 2.75) is 17.9 Å². The molecule has 3 aromatic carbocycles. The van der Waals surface area contributed by atoms with Crippen molar-refractivity contribution >= 4 is 38.0 Å². The minimum Gasteiger partial charge on any atom is -0.445 e. The van der Waals surface area contributed by atoms with E-state index in [1.54, 1.807) is 35.2 Å². The first-order valence-corrected chi connectivity index (χ1v) is 14.0. The molecule has 1 aliphatic rings. The zero-order valence-corrected chi connectivity index (χ0v) is 22.4. The molecule has 1 fully saturated rings. The van der Waals surface area contributed by atoms with Gasteiger partial charge in [-0.2, -0.15) is 0 Å². The zero-order valence-electron chi connectivity index (χ0n) is 20.0. The van der Waals surface area contributed by atoms with Gasteiger partial charge in [-0.1, -0.05) is 64.5 Å². The lowest BCUT2D eigenvalue weighted by atomic mass is 9.98. The lowest BCUT2D eigenvalue weighted by molar-refractivity contribution is 0.0914. The van der Waals surface area contributed by atoms with Crippen molar-refractivity contribution in [1.29, 1.82) is 0 Å². The summed E-state index contributed by atoms with van der Waals surface area (Å²) in [5.41, 5.74) is 1.97. The van der Waals surface area contributed by atoms with Gasteiger partial charge < -0.3 is 14.4 Å². The van der Waals surface area contributed by atoms with Crippen molar-refractivity contribution in [1.82, 2.24) is 9.62 Å². The third-order valence-electron chi connectivity index (χ3n) is 5.85. The number of ether oxygens (including phenoxy) is 2. The van der Waals surface area contributed by atoms with E-state index in [4.69, 9.17) is 9.47 Å². The minimum absolute atomic E-state index is 0.0128. The lowest BCUT2D eigenvalue weighted by Crippen LogP contribution is -2.36. The van der Waals surface area contributed by atoms with Crippen LogP contribution in [0.2, 0.25) is 0 Å². The van der Waals surface area contributed by atoms with Crippen LogP contribution >= 0.6 is 15.9 Å². The molecule has 1 N–H and O–H groups in total. The number of carbonyl (C=O) groups excluding carboxylic acids is 2. The molecular weight excluding hydrogens is 560 g/mol. The Morgan fingerprint density at radius 2 is 1.76 bits per heavy atom. The van der Waals surface area contributed by atoms with Gasteiger partial charge in [0.05, 0.1) is 18.1 Å². The topological polar surface area (TPSA) is 102 Å². The third kappa shape index (κ3) is 7.64. The molecule has 8 nitrogen and oxygen atoms in total. The lowest BCUT2D eigenvalue weighted by Gasteiger charge is -2.23. The number of benzene rings is 3. The quantitative estimate of drug-likeness (QED) is 0.440. The van der Waals surface area contributed by atoms with Crippen LogP contribution in [0.4, 0.5) is 4.79 Å². The van der Waals surface area contributed by atoms with Gasteiger partial charge in [-0.25, -0.2) is 17.9 Å². The number of hydrogen-bond acceptors (Lipinski definition) is 6. The number of carbonyl (C=O) groups is 2. The summed E-state index contributed by atoms with van der Waals surface area (Å²) in [5.74, 6) is -0.736. The largest absolute Gasteiger partial charge is 0.445 e. The molecule has 1 aliphatic heterocycles. The molecule has 0 spiro atoms. The SMILES string of the molecule is O=C(NS(=O)(=O)c1cccc(Br)c1)c1cccc(C[C@H]2COCCN(C(=O)OCc3ccccc3)C2)c1. The molecule has 0 saturated carbocycles. The molecule has 1 saturated heterocycles. The first-order valence-electron chi connectivity index (χ1n) is 11.8. The van der Waals surface area contributed by atoms with Gasteiger partial charge in [0.25, 0.3) is 15.9 Å². The Morgan fingerprint density at radius 1 is 1.00 bits per heavy atom. The van der Waals surface area contributed by atoms with E-state index in [-0.39, 0.29) is 23.0 Å². The van der Waals surface area contributed by atoms with Crippen LogP contribution in [0.1, 0.15) is 21.5 Å². The van der Waals surface area contributed by atoms with Crippen LogP contribution in [0, 0.1) is 5.92 Å². The van der Waals surface area contributed by atoms with E-state index >= 15 is 0 Å². The van der Waals surface area contributed by atoms with Gasteiger partial charge >= 0.3 is 6.09 Å². The summed E-state index contributed by atoms with van der Waals surface area (Å²) in [6.07, 6.45) is 0.146. The molecule has 1 heterocycles. The summed E-state index contributed by atoms with van der Waals surface area (Å²) in [6.45, 7) is 1.94.